The molecule has 1 aromatic heterocycles. The lowest BCUT2D eigenvalue weighted by Crippen LogP contribution is -2.47. The van der Waals surface area contributed by atoms with Crippen molar-refractivity contribution in [3.05, 3.63) is 36.0 Å². The molecule has 20 heavy (non-hydrogen) atoms. The molecule has 1 atom stereocenters. The van der Waals surface area contributed by atoms with Crippen LogP contribution in [0.3, 0.4) is 0 Å². The number of aliphatic hydroxyl groups is 1. The van der Waals surface area contributed by atoms with Gasteiger partial charge in [-0.1, -0.05) is 18.2 Å². The summed E-state index contributed by atoms with van der Waals surface area (Å²) < 4.78 is 29.0. The molecule has 3 rings (SSSR count). The molecule has 0 radical (unpaired) electrons. The minimum atomic E-state index is -3.04. The molecule has 1 unspecified atom stereocenters. The maximum Gasteiger partial charge on any atom is 0.283 e. The van der Waals surface area contributed by atoms with Gasteiger partial charge in [-0.2, -0.15) is 0 Å². The van der Waals surface area contributed by atoms with Gasteiger partial charge in [0, 0.05) is 30.3 Å². The van der Waals surface area contributed by atoms with E-state index in [-0.39, 0.29) is 6.04 Å². The van der Waals surface area contributed by atoms with Crippen molar-refractivity contribution in [2.45, 2.75) is 32.0 Å². The molecule has 108 valence electrons. The van der Waals surface area contributed by atoms with Crippen LogP contribution < -0.4 is 0 Å². The molecule has 0 saturated carbocycles. The Morgan fingerprint density at radius 2 is 2.10 bits per heavy atom. The Balaban J connectivity index is 1.90. The zero-order valence-corrected chi connectivity index (χ0v) is 11.4. The van der Waals surface area contributed by atoms with Gasteiger partial charge in [0.1, 0.15) is 6.61 Å². The normalized spacial score (nSPS) is 20.3. The van der Waals surface area contributed by atoms with Gasteiger partial charge in [-0.3, -0.25) is 4.90 Å². The summed E-state index contributed by atoms with van der Waals surface area (Å²) >= 11 is 0. The summed E-state index contributed by atoms with van der Waals surface area (Å²) in [6, 6.07) is 10.2. The summed E-state index contributed by atoms with van der Waals surface area (Å²) in [6.45, 7) is 1.65. The fourth-order valence-electron chi connectivity index (χ4n) is 2.92. The van der Waals surface area contributed by atoms with Gasteiger partial charge < -0.3 is 9.67 Å². The minimum absolute atomic E-state index is 0.0238. The van der Waals surface area contributed by atoms with Crippen molar-refractivity contribution in [3.8, 4) is 0 Å². The first-order valence-corrected chi connectivity index (χ1v) is 6.80. The zero-order chi connectivity index (χ0) is 14.3. The summed E-state index contributed by atoms with van der Waals surface area (Å²) in [6.07, 6.45) is 0. The van der Waals surface area contributed by atoms with Gasteiger partial charge in [0.05, 0.1) is 6.54 Å². The average molecular weight is 280 g/mol. The molecular formula is C15H18F2N2O. The van der Waals surface area contributed by atoms with Gasteiger partial charge in [-0.05, 0) is 24.4 Å². The third-order valence-electron chi connectivity index (χ3n) is 4.00. The van der Waals surface area contributed by atoms with Crippen LogP contribution in [0.25, 0.3) is 10.9 Å². The number of hydrogen-bond donors (Lipinski definition) is 1. The number of aromatic nitrogens is 1. The second-order valence-electron chi connectivity index (χ2n) is 5.57. The quantitative estimate of drug-likeness (QED) is 0.935. The number of halogens is 2. The van der Waals surface area contributed by atoms with E-state index in [0.29, 0.717) is 13.1 Å². The first kappa shape index (κ1) is 13.5. The lowest BCUT2D eigenvalue weighted by Gasteiger charge is -2.36. The van der Waals surface area contributed by atoms with Crippen molar-refractivity contribution in [2.24, 2.45) is 0 Å². The van der Waals surface area contributed by atoms with Crippen LogP contribution in [0, 0.1) is 0 Å². The van der Waals surface area contributed by atoms with Crippen molar-refractivity contribution in [2.75, 3.05) is 13.2 Å². The lowest BCUT2D eigenvalue weighted by atomic mass is 10.1. The molecule has 0 spiro atoms. The molecule has 0 saturated heterocycles. The van der Waals surface area contributed by atoms with Crippen LogP contribution in [0.4, 0.5) is 8.78 Å². The van der Waals surface area contributed by atoms with Gasteiger partial charge in [0.15, 0.2) is 0 Å². The number of aliphatic hydroxyl groups excluding tert-OH is 1. The Morgan fingerprint density at radius 3 is 2.85 bits per heavy atom. The summed E-state index contributed by atoms with van der Waals surface area (Å²) in [7, 11) is 0. The van der Waals surface area contributed by atoms with E-state index in [0.717, 1.165) is 16.6 Å². The molecule has 5 heteroatoms. The Labute approximate surface area is 116 Å². The second-order valence-corrected chi connectivity index (χ2v) is 5.57. The molecule has 1 aromatic carbocycles. The third kappa shape index (κ3) is 2.31. The number of hydrogen-bond acceptors (Lipinski definition) is 2. The predicted octanol–water partition coefficient (Wildman–Crippen LogP) is 2.47. The molecule has 1 aliphatic heterocycles. The van der Waals surface area contributed by atoms with Crippen LogP contribution in [0.15, 0.2) is 30.3 Å². The Bertz CT molecular complexity index is 623. The number of para-hydroxylation sites is 1. The molecule has 3 nitrogen and oxygen atoms in total. The molecule has 1 aliphatic rings. The van der Waals surface area contributed by atoms with Crippen molar-refractivity contribution in [1.82, 2.24) is 9.47 Å². The standard InChI is InChI=1S/C15H18F2N2O/c1-11-7-19-13(6-12-4-2-3-5-14(12)19)8-18(11)9-15(16,17)10-20/h2-6,11,20H,7-10H2,1H3. The lowest BCUT2D eigenvalue weighted by molar-refractivity contribution is -0.0842. The molecule has 0 aliphatic carbocycles. The van der Waals surface area contributed by atoms with Crippen LogP contribution in [0.1, 0.15) is 12.6 Å². The van der Waals surface area contributed by atoms with Gasteiger partial charge in [-0.15, -0.1) is 0 Å². The first-order chi connectivity index (χ1) is 9.50. The summed E-state index contributed by atoms with van der Waals surface area (Å²) in [5, 5.41) is 9.88. The highest BCUT2D eigenvalue weighted by Gasteiger charge is 2.35. The maximum absolute atomic E-state index is 13.4. The van der Waals surface area contributed by atoms with Gasteiger partial charge >= 0.3 is 0 Å². The molecule has 2 heterocycles. The number of rotatable bonds is 3. The fourth-order valence-corrected chi connectivity index (χ4v) is 2.92. The zero-order valence-electron chi connectivity index (χ0n) is 11.4. The number of benzene rings is 1. The summed E-state index contributed by atoms with van der Waals surface area (Å²) in [5.41, 5.74) is 2.21. The number of alkyl halides is 2. The fraction of sp³-hybridized carbons (Fsp3) is 0.467. The van der Waals surface area contributed by atoms with Crippen molar-refractivity contribution < 1.29 is 13.9 Å². The number of fused-ring (bicyclic) bond motifs is 3. The number of nitrogens with zero attached hydrogens (tertiary/aromatic N) is 2. The highest BCUT2D eigenvalue weighted by Crippen LogP contribution is 2.28. The maximum atomic E-state index is 13.4. The first-order valence-electron chi connectivity index (χ1n) is 6.80. The van der Waals surface area contributed by atoms with Crippen LogP contribution >= 0.6 is 0 Å². The summed E-state index contributed by atoms with van der Waals surface area (Å²) in [4.78, 5) is 1.74. The molecule has 0 fully saturated rings. The SMILES string of the molecule is CC1Cn2c(cc3ccccc32)CN1CC(F)(F)CO. The molecule has 0 bridgehead atoms. The molecular weight excluding hydrogens is 262 g/mol. The van der Waals surface area contributed by atoms with E-state index in [1.807, 2.05) is 25.1 Å². The minimum Gasteiger partial charge on any atom is -0.390 e. The largest absolute Gasteiger partial charge is 0.390 e. The second kappa shape index (κ2) is 4.82. The highest BCUT2D eigenvalue weighted by molar-refractivity contribution is 5.81. The topological polar surface area (TPSA) is 28.4 Å². The molecule has 0 amide bonds. The predicted molar refractivity (Wildman–Crippen MR) is 73.8 cm³/mol. The van der Waals surface area contributed by atoms with Gasteiger partial charge in [0.25, 0.3) is 5.92 Å². The Morgan fingerprint density at radius 1 is 1.35 bits per heavy atom. The van der Waals surface area contributed by atoms with Gasteiger partial charge in [0.2, 0.25) is 0 Å². The summed E-state index contributed by atoms with van der Waals surface area (Å²) in [5.74, 6) is -3.04. The van der Waals surface area contributed by atoms with E-state index < -0.39 is 19.1 Å². The molecule has 1 N–H and O–H groups in total. The van der Waals surface area contributed by atoms with Crippen LogP contribution in [-0.2, 0) is 13.1 Å². The van der Waals surface area contributed by atoms with E-state index in [4.69, 9.17) is 5.11 Å². The van der Waals surface area contributed by atoms with Crippen molar-refractivity contribution >= 4 is 10.9 Å². The monoisotopic (exact) mass is 280 g/mol. The van der Waals surface area contributed by atoms with E-state index in [1.165, 1.54) is 0 Å². The third-order valence-corrected chi connectivity index (χ3v) is 4.00. The highest BCUT2D eigenvalue weighted by atomic mass is 19.3. The van der Waals surface area contributed by atoms with Crippen LogP contribution in [-0.4, -0.2) is 39.7 Å². The van der Waals surface area contributed by atoms with Crippen LogP contribution in [0.2, 0.25) is 0 Å². The van der Waals surface area contributed by atoms with Crippen LogP contribution in [0.5, 0.6) is 0 Å². The van der Waals surface area contributed by atoms with Crippen molar-refractivity contribution in [3.63, 3.8) is 0 Å². The Hall–Kier alpha value is -1.46. The smallest absolute Gasteiger partial charge is 0.283 e. The van der Waals surface area contributed by atoms with E-state index in [2.05, 4.69) is 16.7 Å². The Kier molecular flexibility index (Phi) is 3.26. The average Bonchev–Trinajstić information content (AvgIpc) is 2.77. The van der Waals surface area contributed by atoms with Gasteiger partial charge in [-0.25, -0.2) is 8.78 Å². The van der Waals surface area contributed by atoms with Crippen molar-refractivity contribution in [1.29, 1.82) is 0 Å². The van der Waals surface area contributed by atoms with E-state index in [1.54, 1.807) is 4.90 Å². The van der Waals surface area contributed by atoms with E-state index >= 15 is 0 Å². The van der Waals surface area contributed by atoms with E-state index in [9.17, 15) is 8.78 Å². The molecule has 2 aromatic rings.